The first-order valence-electron chi connectivity index (χ1n) is 4.74. The number of hydrogen-bond acceptors (Lipinski definition) is 3. The van der Waals surface area contributed by atoms with Gasteiger partial charge >= 0.3 is 11.9 Å². The highest BCUT2D eigenvalue weighted by Gasteiger charge is 2.33. The molecule has 2 rings (SSSR count). The maximum atomic E-state index is 12.9. The molecule has 1 aliphatic rings. The van der Waals surface area contributed by atoms with E-state index in [-0.39, 0.29) is 11.4 Å². The second-order valence-corrected chi connectivity index (χ2v) is 4.05. The van der Waals surface area contributed by atoms with E-state index < -0.39 is 23.7 Å². The van der Waals surface area contributed by atoms with Crippen molar-refractivity contribution >= 4 is 23.5 Å². The Morgan fingerprint density at radius 1 is 1.44 bits per heavy atom. The van der Waals surface area contributed by atoms with Crippen LogP contribution in [0.15, 0.2) is 18.2 Å². The molecule has 0 aromatic heterocycles. The molecular weight excluding hydrogens is 235 g/mol. The van der Waals surface area contributed by atoms with Gasteiger partial charge in [0.25, 0.3) is 0 Å². The van der Waals surface area contributed by atoms with Crippen LogP contribution < -0.4 is 0 Å². The first kappa shape index (κ1) is 11.1. The van der Waals surface area contributed by atoms with Gasteiger partial charge in [0.2, 0.25) is 0 Å². The molecular formula is C11H8ClFO3. The quantitative estimate of drug-likeness (QED) is 0.589. The Kier molecular flexibility index (Phi) is 2.92. The van der Waals surface area contributed by atoms with E-state index in [1.54, 1.807) is 0 Å². The van der Waals surface area contributed by atoms with Gasteiger partial charge in [-0.3, -0.25) is 9.59 Å². The molecule has 0 saturated carbocycles. The van der Waals surface area contributed by atoms with Crippen LogP contribution in [0, 0.1) is 11.7 Å². The van der Waals surface area contributed by atoms with Crippen molar-refractivity contribution in [3.63, 3.8) is 0 Å². The predicted molar refractivity (Wildman–Crippen MR) is 54.3 cm³/mol. The highest BCUT2D eigenvalue weighted by atomic mass is 35.5. The summed E-state index contributed by atoms with van der Waals surface area (Å²) in [5.41, 5.74) is 0.711. The molecule has 1 saturated heterocycles. The topological polar surface area (TPSA) is 43.4 Å². The molecule has 3 nitrogen and oxygen atoms in total. The summed E-state index contributed by atoms with van der Waals surface area (Å²) in [6.45, 7) is 0. The molecule has 0 amide bonds. The molecule has 0 spiro atoms. The Morgan fingerprint density at radius 3 is 2.75 bits per heavy atom. The maximum Gasteiger partial charge on any atom is 0.317 e. The molecule has 1 heterocycles. The van der Waals surface area contributed by atoms with E-state index in [1.165, 1.54) is 18.2 Å². The highest BCUT2D eigenvalue weighted by molar-refractivity contribution is 6.30. The molecule has 0 aliphatic carbocycles. The zero-order valence-electron chi connectivity index (χ0n) is 8.20. The lowest BCUT2D eigenvalue weighted by Gasteiger charge is -2.05. The van der Waals surface area contributed by atoms with Crippen LogP contribution in [0.3, 0.4) is 0 Å². The lowest BCUT2D eigenvalue weighted by atomic mass is 9.98. The minimum absolute atomic E-state index is 0.00944. The van der Waals surface area contributed by atoms with Gasteiger partial charge in [-0.15, -0.1) is 0 Å². The second kappa shape index (κ2) is 4.22. The zero-order valence-corrected chi connectivity index (χ0v) is 8.96. The standard InChI is InChI=1S/C11H8ClFO3/c12-8-4-6(1-2-9(8)13)3-7-5-10(14)16-11(7)15/h1-2,4,7H,3,5H2. The van der Waals surface area contributed by atoms with Crippen molar-refractivity contribution < 1.29 is 18.7 Å². The molecule has 0 radical (unpaired) electrons. The van der Waals surface area contributed by atoms with Gasteiger partial charge in [0, 0.05) is 0 Å². The molecule has 1 aromatic rings. The first-order chi connectivity index (χ1) is 7.56. The molecule has 0 bridgehead atoms. The molecule has 1 aromatic carbocycles. The Balaban J connectivity index is 2.12. The number of carbonyl (C=O) groups excluding carboxylic acids is 2. The number of carbonyl (C=O) groups is 2. The molecule has 16 heavy (non-hydrogen) atoms. The van der Waals surface area contributed by atoms with Crippen LogP contribution >= 0.6 is 11.6 Å². The van der Waals surface area contributed by atoms with E-state index in [1.807, 2.05) is 0 Å². The number of hydrogen-bond donors (Lipinski definition) is 0. The summed E-state index contributed by atoms with van der Waals surface area (Å²) in [7, 11) is 0. The summed E-state index contributed by atoms with van der Waals surface area (Å²) in [6, 6.07) is 4.23. The average molecular weight is 243 g/mol. The fourth-order valence-corrected chi connectivity index (χ4v) is 1.83. The SMILES string of the molecule is O=C1CC(Cc2ccc(F)c(Cl)c2)C(=O)O1. The summed E-state index contributed by atoms with van der Waals surface area (Å²) in [5.74, 6) is -2.02. The number of cyclic esters (lactones) is 2. The molecule has 0 N–H and O–H groups in total. The van der Waals surface area contributed by atoms with Gasteiger partial charge in [-0.2, -0.15) is 0 Å². The number of rotatable bonds is 2. The summed E-state index contributed by atoms with van der Waals surface area (Å²) in [5, 5.41) is 0.00944. The van der Waals surface area contributed by atoms with Crippen molar-refractivity contribution in [3.05, 3.63) is 34.6 Å². The molecule has 1 atom stereocenters. The van der Waals surface area contributed by atoms with Crippen LogP contribution in [-0.2, 0) is 20.7 Å². The molecule has 5 heteroatoms. The van der Waals surface area contributed by atoms with Crippen molar-refractivity contribution in [2.45, 2.75) is 12.8 Å². The number of esters is 2. The average Bonchev–Trinajstić information content (AvgIpc) is 2.51. The van der Waals surface area contributed by atoms with Crippen LogP contribution in [0.5, 0.6) is 0 Å². The van der Waals surface area contributed by atoms with Crippen molar-refractivity contribution in [1.29, 1.82) is 0 Å². The smallest absolute Gasteiger partial charge is 0.317 e. The van der Waals surface area contributed by atoms with Gasteiger partial charge in [0.05, 0.1) is 17.4 Å². The van der Waals surface area contributed by atoms with E-state index in [0.717, 1.165) is 0 Å². The number of benzene rings is 1. The fraction of sp³-hybridized carbons (Fsp3) is 0.273. The Labute approximate surface area is 96.2 Å². The third kappa shape index (κ3) is 2.22. The lowest BCUT2D eigenvalue weighted by molar-refractivity contribution is -0.153. The summed E-state index contributed by atoms with van der Waals surface area (Å²) in [4.78, 5) is 22.0. The fourth-order valence-electron chi connectivity index (χ4n) is 1.63. The Hall–Kier alpha value is -1.42. The predicted octanol–water partition coefficient (Wildman–Crippen LogP) is 2.11. The minimum Gasteiger partial charge on any atom is -0.393 e. The van der Waals surface area contributed by atoms with E-state index in [4.69, 9.17) is 11.6 Å². The van der Waals surface area contributed by atoms with Crippen molar-refractivity contribution in [2.75, 3.05) is 0 Å². The summed E-state index contributed by atoms with van der Waals surface area (Å²) < 4.78 is 17.3. The van der Waals surface area contributed by atoms with E-state index >= 15 is 0 Å². The third-order valence-electron chi connectivity index (χ3n) is 2.43. The van der Waals surface area contributed by atoms with Crippen molar-refractivity contribution in [2.24, 2.45) is 5.92 Å². The van der Waals surface area contributed by atoms with Crippen molar-refractivity contribution in [1.82, 2.24) is 0 Å². The molecule has 1 aliphatic heterocycles. The highest BCUT2D eigenvalue weighted by Crippen LogP contribution is 2.23. The largest absolute Gasteiger partial charge is 0.393 e. The van der Waals surface area contributed by atoms with E-state index in [2.05, 4.69) is 4.74 Å². The third-order valence-corrected chi connectivity index (χ3v) is 2.72. The second-order valence-electron chi connectivity index (χ2n) is 3.65. The van der Waals surface area contributed by atoms with E-state index in [9.17, 15) is 14.0 Å². The lowest BCUT2D eigenvalue weighted by Crippen LogP contribution is -2.10. The van der Waals surface area contributed by atoms with Gasteiger partial charge in [-0.1, -0.05) is 17.7 Å². The van der Waals surface area contributed by atoms with Gasteiger partial charge < -0.3 is 4.74 Å². The van der Waals surface area contributed by atoms with Gasteiger partial charge in [-0.25, -0.2) is 4.39 Å². The van der Waals surface area contributed by atoms with Crippen LogP contribution in [-0.4, -0.2) is 11.9 Å². The molecule has 1 unspecified atom stereocenters. The van der Waals surface area contributed by atoms with Crippen LogP contribution in [0.1, 0.15) is 12.0 Å². The first-order valence-corrected chi connectivity index (χ1v) is 5.12. The summed E-state index contributed by atoms with van der Waals surface area (Å²) in [6.07, 6.45) is 0.415. The van der Waals surface area contributed by atoms with E-state index in [0.29, 0.717) is 12.0 Å². The van der Waals surface area contributed by atoms with Gasteiger partial charge in [0.1, 0.15) is 5.82 Å². The number of ether oxygens (including phenoxy) is 1. The molecule has 1 fully saturated rings. The van der Waals surface area contributed by atoms with Gasteiger partial charge in [-0.05, 0) is 24.1 Å². The van der Waals surface area contributed by atoms with Crippen LogP contribution in [0.4, 0.5) is 4.39 Å². The van der Waals surface area contributed by atoms with Gasteiger partial charge in [0.15, 0.2) is 0 Å². The minimum atomic E-state index is -0.523. The number of halogens is 2. The Bertz CT molecular complexity index is 459. The maximum absolute atomic E-state index is 12.9. The molecule has 84 valence electrons. The summed E-state index contributed by atoms with van der Waals surface area (Å²) >= 11 is 5.61. The van der Waals surface area contributed by atoms with Crippen molar-refractivity contribution in [3.8, 4) is 0 Å². The Morgan fingerprint density at radius 2 is 2.19 bits per heavy atom. The van der Waals surface area contributed by atoms with Crippen LogP contribution in [0.25, 0.3) is 0 Å². The normalized spacial score (nSPS) is 20.0. The monoisotopic (exact) mass is 242 g/mol. The van der Waals surface area contributed by atoms with Crippen LogP contribution in [0.2, 0.25) is 5.02 Å². The zero-order chi connectivity index (χ0) is 11.7.